The summed E-state index contributed by atoms with van der Waals surface area (Å²) in [4.78, 5) is 39.2. The Hall–Kier alpha value is -1.93. The van der Waals surface area contributed by atoms with Gasteiger partial charge in [-0.15, -0.1) is 0 Å². The van der Waals surface area contributed by atoms with Gasteiger partial charge >= 0.3 is 5.69 Å². The van der Waals surface area contributed by atoms with Crippen molar-refractivity contribution in [1.82, 2.24) is 14.9 Å². The molecule has 2 rings (SSSR count). The number of amides is 1. The van der Waals surface area contributed by atoms with E-state index in [9.17, 15) is 24.6 Å². The van der Waals surface area contributed by atoms with Crippen LogP contribution in [-0.4, -0.2) is 56.3 Å². The molecule has 1 aromatic rings. The molecule has 1 aliphatic rings. The van der Waals surface area contributed by atoms with Gasteiger partial charge in [-0.1, -0.05) is 0 Å². The van der Waals surface area contributed by atoms with Crippen LogP contribution in [0, 0.1) is 0 Å². The minimum atomic E-state index is -1.01. The molecule has 0 aromatic carbocycles. The fraction of sp³-hybridized carbons (Fsp3) is 0.444. The van der Waals surface area contributed by atoms with Gasteiger partial charge in [0.15, 0.2) is 0 Å². The molecule has 0 aliphatic carbocycles. The fourth-order valence-corrected chi connectivity index (χ4v) is 1.67. The van der Waals surface area contributed by atoms with E-state index in [1.165, 1.54) is 0 Å². The number of carbonyl (C=O) groups is 1. The molecule has 0 spiro atoms. The van der Waals surface area contributed by atoms with Crippen molar-refractivity contribution in [2.75, 3.05) is 13.1 Å². The molecule has 0 saturated carbocycles. The molecule has 92 valence electrons. The molecule has 1 aromatic heterocycles. The van der Waals surface area contributed by atoms with Crippen molar-refractivity contribution in [1.29, 1.82) is 0 Å². The minimum Gasteiger partial charge on any atom is -0.388 e. The van der Waals surface area contributed by atoms with Gasteiger partial charge in [0, 0.05) is 19.3 Å². The first-order chi connectivity index (χ1) is 7.99. The molecule has 1 amide bonds. The van der Waals surface area contributed by atoms with Crippen LogP contribution < -0.4 is 11.2 Å². The van der Waals surface area contributed by atoms with Crippen LogP contribution in [0.25, 0.3) is 0 Å². The highest BCUT2D eigenvalue weighted by Gasteiger charge is 2.33. The van der Waals surface area contributed by atoms with E-state index in [0.29, 0.717) is 0 Å². The van der Waals surface area contributed by atoms with Crippen LogP contribution in [-0.2, 0) is 0 Å². The standard InChI is InChI=1S/C9H11N3O5/c13-5-2-12(3-6(5)14)8(16)4-1-10-9(17)11-7(4)15/h1,5-6,13-14H,2-3H2,(H2,10,11,15,17). The number of carbonyl (C=O) groups excluding carboxylic acids is 1. The van der Waals surface area contributed by atoms with Crippen molar-refractivity contribution in [3.05, 3.63) is 32.6 Å². The van der Waals surface area contributed by atoms with Gasteiger partial charge in [0.25, 0.3) is 11.5 Å². The number of hydrogen-bond acceptors (Lipinski definition) is 5. The largest absolute Gasteiger partial charge is 0.388 e. The number of hydrogen-bond donors (Lipinski definition) is 4. The monoisotopic (exact) mass is 241 g/mol. The molecular weight excluding hydrogens is 230 g/mol. The third-order valence-electron chi connectivity index (χ3n) is 2.60. The Morgan fingerprint density at radius 1 is 1.29 bits per heavy atom. The Balaban J connectivity index is 2.27. The second-order valence-corrected chi connectivity index (χ2v) is 3.83. The summed E-state index contributed by atoms with van der Waals surface area (Å²) in [6.45, 7) is -0.0862. The predicted molar refractivity (Wildman–Crippen MR) is 55.6 cm³/mol. The molecule has 2 atom stereocenters. The normalized spacial score (nSPS) is 24.0. The quantitative estimate of drug-likeness (QED) is 0.423. The van der Waals surface area contributed by atoms with Gasteiger partial charge in [-0.05, 0) is 0 Å². The zero-order valence-corrected chi connectivity index (χ0v) is 8.71. The average molecular weight is 241 g/mol. The number of aromatic nitrogens is 2. The van der Waals surface area contributed by atoms with Gasteiger partial charge in [-0.25, -0.2) is 4.79 Å². The predicted octanol–water partition coefficient (Wildman–Crippen LogP) is -2.76. The van der Waals surface area contributed by atoms with E-state index < -0.39 is 29.4 Å². The lowest BCUT2D eigenvalue weighted by Gasteiger charge is -2.14. The van der Waals surface area contributed by atoms with E-state index in [1.807, 2.05) is 4.98 Å². The Bertz CT molecular complexity index is 538. The van der Waals surface area contributed by atoms with Crippen LogP contribution in [0.5, 0.6) is 0 Å². The van der Waals surface area contributed by atoms with Gasteiger partial charge in [-0.2, -0.15) is 0 Å². The van der Waals surface area contributed by atoms with Gasteiger partial charge in [0.2, 0.25) is 0 Å². The number of H-pyrrole nitrogens is 2. The summed E-state index contributed by atoms with van der Waals surface area (Å²) in [5.74, 6) is -0.641. The Kier molecular flexibility index (Phi) is 2.82. The topological polar surface area (TPSA) is 126 Å². The van der Waals surface area contributed by atoms with Crippen LogP contribution in [0.1, 0.15) is 10.4 Å². The first-order valence-corrected chi connectivity index (χ1v) is 4.96. The van der Waals surface area contributed by atoms with Crippen molar-refractivity contribution in [3.8, 4) is 0 Å². The Morgan fingerprint density at radius 2 is 1.88 bits per heavy atom. The summed E-state index contributed by atoms with van der Waals surface area (Å²) in [5.41, 5.74) is -1.73. The lowest BCUT2D eigenvalue weighted by molar-refractivity contribution is 0.0572. The molecule has 4 N–H and O–H groups in total. The molecule has 1 aliphatic heterocycles. The average Bonchev–Trinajstić information content (AvgIpc) is 2.58. The zero-order valence-electron chi connectivity index (χ0n) is 8.71. The summed E-state index contributed by atoms with van der Waals surface area (Å²) in [7, 11) is 0. The third kappa shape index (κ3) is 2.12. The highest BCUT2D eigenvalue weighted by atomic mass is 16.3. The van der Waals surface area contributed by atoms with E-state index in [4.69, 9.17) is 0 Å². The van der Waals surface area contributed by atoms with E-state index in [0.717, 1.165) is 11.1 Å². The summed E-state index contributed by atoms with van der Waals surface area (Å²) in [6.07, 6.45) is -1.01. The van der Waals surface area contributed by atoms with Crippen molar-refractivity contribution in [2.45, 2.75) is 12.2 Å². The van der Waals surface area contributed by atoms with Gasteiger partial charge in [-0.3, -0.25) is 14.6 Å². The van der Waals surface area contributed by atoms with E-state index in [1.54, 1.807) is 0 Å². The van der Waals surface area contributed by atoms with Gasteiger partial charge in [0.1, 0.15) is 5.56 Å². The number of aliphatic hydroxyl groups is 2. The van der Waals surface area contributed by atoms with E-state index in [2.05, 4.69) is 4.98 Å². The molecule has 17 heavy (non-hydrogen) atoms. The minimum absolute atomic E-state index is 0.0431. The van der Waals surface area contributed by atoms with E-state index >= 15 is 0 Å². The number of nitrogens with one attached hydrogen (secondary N) is 2. The van der Waals surface area contributed by atoms with Crippen LogP contribution in [0.2, 0.25) is 0 Å². The molecule has 2 heterocycles. The highest BCUT2D eigenvalue weighted by molar-refractivity contribution is 5.93. The zero-order chi connectivity index (χ0) is 12.6. The molecule has 1 saturated heterocycles. The smallest absolute Gasteiger partial charge is 0.325 e. The number of aromatic amines is 2. The number of aliphatic hydroxyl groups excluding tert-OH is 2. The summed E-state index contributed by atoms with van der Waals surface area (Å²) in [6, 6.07) is 0. The molecule has 8 nitrogen and oxygen atoms in total. The molecule has 1 fully saturated rings. The molecular formula is C9H11N3O5. The highest BCUT2D eigenvalue weighted by Crippen LogP contribution is 2.11. The maximum atomic E-state index is 11.8. The fourth-order valence-electron chi connectivity index (χ4n) is 1.67. The number of rotatable bonds is 1. The van der Waals surface area contributed by atoms with Crippen LogP contribution in [0.4, 0.5) is 0 Å². The van der Waals surface area contributed by atoms with Crippen molar-refractivity contribution >= 4 is 5.91 Å². The number of likely N-dealkylation sites (tertiary alicyclic amines) is 1. The second-order valence-electron chi connectivity index (χ2n) is 3.83. The van der Waals surface area contributed by atoms with Crippen molar-refractivity contribution < 1.29 is 15.0 Å². The first-order valence-electron chi connectivity index (χ1n) is 4.96. The van der Waals surface area contributed by atoms with Crippen molar-refractivity contribution in [3.63, 3.8) is 0 Å². The Labute approximate surface area is 94.5 Å². The maximum absolute atomic E-state index is 11.8. The number of nitrogens with zero attached hydrogens (tertiary/aromatic N) is 1. The third-order valence-corrected chi connectivity index (χ3v) is 2.60. The lowest BCUT2D eigenvalue weighted by Crippen LogP contribution is -2.36. The number of β-amino-alcohol motifs (C(OH)–C–C–N with tert-alkyl or cyclic N) is 2. The lowest BCUT2D eigenvalue weighted by atomic mass is 10.3. The maximum Gasteiger partial charge on any atom is 0.325 e. The van der Waals surface area contributed by atoms with Gasteiger partial charge < -0.3 is 20.1 Å². The van der Waals surface area contributed by atoms with Crippen LogP contribution in [0.3, 0.4) is 0 Å². The molecule has 0 radical (unpaired) electrons. The molecule has 0 bridgehead atoms. The van der Waals surface area contributed by atoms with Crippen LogP contribution >= 0.6 is 0 Å². The molecule has 2 unspecified atom stereocenters. The summed E-state index contributed by atoms with van der Waals surface area (Å²) in [5, 5.41) is 18.6. The first kappa shape index (κ1) is 11.6. The van der Waals surface area contributed by atoms with Gasteiger partial charge in [0.05, 0.1) is 12.2 Å². The van der Waals surface area contributed by atoms with Crippen molar-refractivity contribution in [2.24, 2.45) is 0 Å². The second kappa shape index (κ2) is 4.15. The summed E-state index contributed by atoms with van der Waals surface area (Å²) < 4.78 is 0. The van der Waals surface area contributed by atoms with E-state index in [-0.39, 0.29) is 18.7 Å². The Morgan fingerprint density at radius 3 is 2.41 bits per heavy atom. The molecule has 8 heteroatoms. The van der Waals surface area contributed by atoms with Crippen LogP contribution in [0.15, 0.2) is 15.8 Å². The SMILES string of the molecule is O=C(c1c[nH]c(=O)[nH]c1=O)N1CC(O)C(O)C1. The summed E-state index contributed by atoms with van der Waals surface area (Å²) >= 11 is 0.